The van der Waals surface area contributed by atoms with Gasteiger partial charge in [-0.05, 0) is 13.8 Å². The SMILES string of the molecule is CC(=O)[O-].CC(=O)[O-].C[n+]1ccn(CC(=O)[O-])c1.C[n+]1ccn(CC(=O)[O-])c1.[Ni+2]. The van der Waals surface area contributed by atoms with Gasteiger partial charge in [0.25, 0.3) is 0 Å². The summed E-state index contributed by atoms with van der Waals surface area (Å²) in [6.07, 6.45) is 10.2. The second kappa shape index (κ2) is 16.9. The summed E-state index contributed by atoms with van der Waals surface area (Å²) in [5.74, 6) is -4.31. The molecule has 0 radical (unpaired) electrons. The third-order valence-corrected chi connectivity index (χ3v) is 2.27. The number of rotatable bonds is 4. The molecule has 0 aliphatic carbocycles. The standard InChI is InChI=1S/2C6H8N2O2.2C2H4O2.Ni/c2*1-7-2-3-8(5-7)4-6(9)10;2*1-2(3)4;/h2*2-3,5H,4H2,1H3;2*1H3,(H,3,4);/q;;;;+2/p-2. The van der Waals surface area contributed by atoms with Gasteiger partial charge in [-0.25, -0.2) is 18.3 Å². The quantitative estimate of drug-likeness (QED) is 0.321. The number of carbonyl (C=O) groups excluding carboxylic acids is 4. The first-order valence-corrected chi connectivity index (χ1v) is 7.60. The Hall–Kier alpha value is -3.21. The number of nitrogens with zero attached hydrogens (tertiary/aromatic N) is 4. The van der Waals surface area contributed by atoms with Crippen LogP contribution < -0.4 is 29.6 Å². The number of aryl methyl sites for hydroxylation is 2. The molecule has 2 heterocycles. The van der Waals surface area contributed by atoms with E-state index in [9.17, 15) is 19.8 Å². The van der Waals surface area contributed by atoms with E-state index in [-0.39, 0.29) is 29.6 Å². The van der Waals surface area contributed by atoms with Gasteiger partial charge in [0.05, 0.1) is 26.0 Å². The molecule has 0 amide bonds. The van der Waals surface area contributed by atoms with Crippen molar-refractivity contribution in [3.63, 3.8) is 0 Å². The zero-order valence-electron chi connectivity index (χ0n) is 16.2. The molecular formula is C16H22N4NiO8. The molecule has 0 unspecified atom stereocenters. The zero-order chi connectivity index (χ0) is 22.3. The van der Waals surface area contributed by atoms with Crippen LogP contribution in [0, 0.1) is 0 Å². The average molecular weight is 457 g/mol. The van der Waals surface area contributed by atoms with Gasteiger partial charge in [0.2, 0.25) is 12.7 Å². The summed E-state index contributed by atoms with van der Waals surface area (Å²) < 4.78 is 6.61. The summed E-state index contributed by atoms with van der Waals surface area (Å²) in [6.45, 7) is 1.78. The molecule has 2 aromatic heterocycles. The maximum atomic E-state index is 10.0. The van der Waals surface area contributed by atoms with Crippen LogP contribution in [-0.2, 0) is 62.9 Å². The molecule has 0 atom stereocenters. The Kier molecular flexibility index (Phi) is 17.8. The Morgan fingerprint density at radius 3 is 1.10 bits per heavy atom. The van der Waals surface area contributed by atoms with Crippen molar-refractivity contribution in [3.8, 4) is 0 Å². The summed E-state index contributed by atoms with van der Waals surface area (Å²) in [6, 6.07) is 0. The van der Waals surface area contributed by atoms with Crippen LogP contribution in [0.5, 0.6) is 0 Å². The van der Waals surface area contributed by atoms with Crippen molar-refractivity contribution in [2.75, 3.05) is 0 Å². The van der Waals surface area contributed by atoms with E-state index >= 15 is 0 Å². The van der Waals surface area contributed by atoms with Crippen LogP contribution in [0.1, 0.15) is 13.8 Å². The third-order valence-electron chi connectivity index (χ3n) is 2.27. The van der Waals surface area contributed by atoms with E-state index in [4.69, 9.17) is 19.8 Å². The second-order valence-electron chi connectivity index (χ2n) is 5.23. The number of hydrogen-bond donors (Lipinski definition) is 0. The first kappa shape index (κ1) is 30.5. The smallest absolute Gasteiger partial charge is 0.550 e. The molecule has 164 valence electrons. The predicted octanol–water partition coefficient (Wildman–Crippen LogP) is -6.37. The molecule has 13 heteroatoms. The molecule has 2 aromatic rings. The first-order chi connectivity index (χ1) is 12.8. The topological polar surface area (TPSA) is 178 Å². The Balaban J connectivity index is -0.000000336. The summed E-state index contributed by atoms with van der Waals surface area (Å²) in [7, 11) is 3.65. The van der Waals surface area contributed by atoms with E-state index in [0.717, 1.165) is 13.8 Å². The number of carboxylic acid groups (broad SMARTS) is 4. The number of carboxylic acids is 4. The molecule has 0 aliphatic rings. The Bertz CT molecular complexity index is 700. The normalized spacial score (nSPS) is 8.41. The number of hydrogen-bond acceptors (Lipinski definition) is 8. The minimum absolute atomic E-state index is 0. The average Bonchev–Trinajstić information content (AvgIpc) is 3.06. The fourth-order valence-electron chi connectivity index (χ4n) is 1.49. The van der Waals surface area contributed by atoms with Crippen LogP contribution in [0.15, 0.2) is 37.4 Å². The van der Waals surface area contributed by atoms with Crippen molar-refractivity contribution < 1.29 is 65.2 Å². The maximum Gasteiger partial charge on any atom is 2.00 e. The van der Waals surface area contributed by atoms with Gasteiger partial charge in [0, 0.05) is 11.9 Å². The maximum absolute atomic E-state index is 10.0. The molecule has 0 saturated carbocycles. The van der Waals surface area contributed by atoms with Crippen LogP contribution in [0.4, 0.5) is 0 Å². The van der Waals surface area contributed by atoms with E-state index in [1.54, 1.807) is 46.6 Å². The molecule has 0 spiro atoms. The first-order valence-electron chi connectivity index (χ1n) is 7.60. The molecule has 2 rings (SSSR count). The largest absolute Gasteiger partial charge is 2.00 e. The Morgan fingerprint density at radius 1 is 0.724 bits per heavy atom. The van der Waals surface area contributed by atoms with E-state index in [0.29, 0.717) is 0 Å². The zero-order valence-corrected chi connectivity index (χ0v) is 17.2. The summed E-state index contributed by atoms with van der Waals surface area (Å²) in [5, 5.41) is 37.9. The minimum Gasteiger partial charge on any atom is -0.550 e. The van der Waals surface area contributed by atoms with Crippen molar-refractivity contribution in [2.45, 2.75) is 26.9 Å². The van der Waals surface area contributed by atoms with E-state index in [1.165, 1.54) is 9.13 Å². The molecule has 0 saturated heterocycles. The molecular weight excluding hydrogens is 435 g/mol. The van der Waals surface area contributed by atoms with Crippen LogP contribution in [0.25, 0.3) is 0 Å². The predicted molar refractivity (Wildman–Crippen MR) is 82.6 cm³/mol. The van der Waals surface area contributed by atoms with Crippen molar-refractivity contribution in [3.05, 3.63) is 37.4 Å². The van der Waals surface area contributed by atoms with E-state index in [2.05, 4.69) is 0 Å². The van der Waals surface area contributed by atoms with Crippen molar-refractivity contribution in [1.29, 1.82) is 0 Å². The van der Waals surface area contributed by atoms with Crippen molar-refractivity contribution >= 4 is 23.9 Å². The van der Waals surface area contributed by atoms with Gasteiger partial charge in [-0.1, -0.05) is 0 Å². The summed E-state index contributed by atoms with van der Waals surface area (Å²) >= 11 is 0. The molecule has 0 N–H and O–H groups in total. The molecule has 0 aliphatic heterocycles. The number of aliphatic carboxylic acids is 4. The molecule has 0 bridgehead atoms. The van der Waals surface area contributed by atoms with Crippen LogP contribution >= 0.6 is 0 Å². The van der Waals surface area contributed by atoms with Gasteiger partial charge in [-0.3, -0.25) is 0 Å². The molecule has 0 aromatic carbocycles. The van der Waals surface area contributed by atoms with E-state index in [1.807, 2.05) is 14.1 Å². The fourth-order valence-corrected chi connectivity index (χ4v) is 1.49. The van der Waals surface area contributed by atoms with Crippen LogP contribution in [0.3, 0.4) is 0 Å². The molecule has 29 heavy (non-hydrogen) atoms. The Labute approximate surface area is 177 Å². The van der Waals surface area contributed by atoms with Gasteiger partial charge in [-0.2, -0.15) is 0 Å². The number of aromatic nitrogens is 4. The third kappa shape index (κ3) is 24.8. The van der Waals surface area contributed by atoms with Gasteiger partial charge < -0.3 is 39.6 Å². The monoisotopic (exact) mass is 456 g/mol. The molecule has 12 nitrogen and oxygen atoms in total. The van der Waals surface area contributed by atoms with Crippen molar-refractivity contribution in [2.24, 2.45) is 14.1 Å². The van der Waals surface area contributed by atoms with Crippen LogP contribution in [0.2, 0.25) is 0 Å². The van der Waals surface area contributed by atoms with Crippen molar-refractivity contribution in [1.82, 2.24) is 9.13 Å². The summed E-state index contributed by atoms with van der Waals surface area (Å²) in [5.41, 5.74) is 0. The Morgan fingerprint density at radius 2 is 0.966 bits per heavy atom. The van der Waals surface area contributed by atoms with Crippen LogP contribution in [-0.4, -0.2) is 33.0 Å². The van der Waals surface area contributed by atoms with E-state index < -0.39 is 23.9 Å². The fraction of sp³-hybridized carbons (Fsp3) is 0.375. The number of carbonyl (C=O) groups is 4. The van der Waals surface area contributed by atoms with Gasteiger partial charge >= 0.3 is 16.5 Å². The second-order valence-corrected chi connectivity index (χ2v) is 5.23. The minimum atomic E-state index is -1.08. The van der Waals surface area contributed by atoms with Gasteiger partial charge in [0.1, 0.15) is 37.9 Å². The molecule has 0 fully saturated rings. The summed E-state index contributed by atoms with van der Waals surface area (Å²) in [4.78, 5) is 37.9. The van der Waals surface area contributed by atoms with Gasteiger partial charge in [0.15, 0.2) is 0 Å². The van der Waals surface area contributed by atoms with Gasteiger partial charge in [-0.15, -0.1) is 0 Å². The number of imidazole rings is 2.